The van der Waals surface area contributed by atoms with Crippen LogP contribution >= 0.6 is 0 Å². The van der Waals surface area contributed by atoms with E-state index >= 15 is 0 Å². The molecule has 3 atom stereocenters. The average Bonchev–Trinajstić information content (AvgIpc) is 2.53. The van der Waals surface area contributed by atoms with Crippen LogP contribution in [0.1, 0.15) is 33.1 Å². The maximum Gasteiger partial charge on any atom is 0.244 e. The summed E-state index contributed by atoms with van der Waals surface area (Å²) in [6.07, 6.45) is 2.66. The molecule has 1 aromatic carbocycles. The van der Waals surface area contributed by atoms with Crippen molar-refractivity contribution >= 4 is 15.9 Å². The number of nitrogens with two attached hydrogens (primary N) is 1. The van der Waals surface area contributed by atoms with Crippen molar-refractivity contribution in [2.75, 3.05) is 6.54 Å². The molecule has 3 N–H and O–H groups in total. The fourth-order valence-corrected chi connectivity index (χ4v) is 4.31. The van der Waals surface area contributed by atoms with Crippen molar-refractivity contribution in [1.82, 2.24) is 9.62 Å². The number of rotatable bonds is 5. The van der Waals surface area contributed by atoms with Crippen LogP contribution in [0, 0.1) is 5.82 Å². The van der Waals surface area contributed by atoms with E-state index in [1.54, 1.807) is 4.90 Å². The Hall–Kier alpha value is -1.51. The molecule has 2 rings (SSSR count). The van der Waals surface area contributed by atoms with E-state index < -0.39 is 26.8 Å². The van der Waals surface area contributed by atoms with Crippen molar-refractivity contribution < 1.29 is 17.6 Å². The highest BCUT2D eigenvalue weighted by molar-refractivity contribution is 7.89. The molecule has 1 amide bonds. The van der Waals surface area contributed by atoms with Gasteiger partial charge in [-0.25, -0.2) is 12.8 Å². The monoisotopic (exact) mass is 357 g/mol. The van der Waals surface area contributed by atoms with Gasteiger partial charge in [-0.05, 0) is 45.2 Å². The zero-order valence-corrected chi connectivity index (χ0v) is 14.7. The van der Waals surface area contributed by atoms with Crippen LogP contribution < -0.4 is 10.5 Å². The standard InChI is InChI=1S/C16H24FN3O3S/c1-11(18)14-8-5-6-10-20(14)16(21)12(2)19-24(22,23)15-9-4-3-7-13(15)17/h3-4,7,9,11-12,14,19H,5-6,8,10,18H2,1-2H3. The molecule has 1 saturated heterocycles. The second kappa shape index (κ2) is 7.58. The van der Waals surface area contributed by atoms with Crippen LogP contribution in [0.5, 0.6) is 0 Å². The zero-order chi connectivity index (χ0) is 17.9. The molecule has 3 unspecified atom stereocenters. The molecule has 1 heterocycles. The number of sulfonamides is 1. The summed E-state index contributed by atoms with van der Waals surface area (Å²) in [4.78, 5) is 13.8. The molecule has 0 radical (unpaired) electrons. The molecular formula is C16H24FN3O3S. The van der Waals surface area contributed by atoms with Crippen LogP contribution in [0.2, 0.25) is 0 Å². The fraction of sp³-hybridized carbons (Fsp3) is 0.562. The minimum absolute atomic E-state index is 0.105. The van der Waals surface area contributed by atoms with Crippen LogP contribution in [0.3, 0.4) is 0 Å². The van der Waals surface area contributed by atoms with Gasteiger partial charge in [-0.3, -0.25) is 4.79 Å². The number of halogens is 1. The predicted octanol–water partition coefficient (Wildman–Crippen LogP) is 1.22. The molecule has 0 saturated carbocycles. The smallest absolute Gasteiger partial charge is 0.244 e. The summed E-state index contributed by atoms with van der Waals surface area (Å²) >= 11 is 0. The highest BCUT2D eigenvalue weighted by atomic mass is 32.2. The Morgan fingerprint density at radius 3 is 2.62 bits per heavy atom. The molecule has 0 bridgehead atoms. The first-order valence-electron chi connectivity index (χ1n) is 8.07. The molecule has 8 heteroatoms. The van der Waals surface area contributed by atoms with E-state index in [0.29, 0.717) is 6.54 Å². The van der Waals surface area contributed by atoms with Crippen molar-refractivity contribution in [3.63, 3.8) is 0 Å². The van der Waals surface area contributed by atoms with Gasteiger partial charge in [0.05, 0.1) is 6.04 Å². The Balaban J connectivity index is 2.15. The van der Waals surface area contributed by atoms with Gasteiger partial charge in [0.25, 0.3) is 0 Å². The van der Waals surface area contributed by atoms with Crippen LogP contribution in [-0.2, 0) is 14.8 Å². The average molecular weight is 357 g/mol. The molecule has 1 aliphatic rings. The lowest BCUT2D eigenvalue weighted by atomic mass is 9.96. The summed E-state index contributed by atoms with van der Waals surface area (Å²) in [6, 6.07) is 3.79. The maximum absolute atomic E-state index is 13.7. The largest absolute Gasteiger partial charge is 0.337 e. The second-order valence-electron chi connectivity index (χ2n) is 6.23. The lowest BCUT2D eigenvalue weighted by molar-refractivity contribution is -0.136. The summed E-state index contributed by atoms with van der Waals surface area (Å²) in [5.74, 6) is -1.19. The third kappa shape index (κ3) is 4.12. The van der Waals surface area contributed by atoms with Gasteiger partial charge >= 0.3 is 0 Å². The Bertz CT molecular complexity index is 694. The van der Waals surface area contributed by atoms with Crippen molar-refractivity contribution in [3.05, 3.63) is 30.1 Å². The number of nitrogens with one attached hydrogen (secondary N) is 1. The van der Waals surface area contributed by atoms with Gasteiger partial charge in [-0.1, -0.05) is 12.1 Å². The first kappa shape index (κ1) is 18.8. The molecule has 1 aromatic rings. The Labute approximate surface area is 142 Å². The van der Waals surface area contributed by atoms with E-state index in [0.717, 1.165) is 25.3 Å². The minimum Gasteiger partial charge on any atom is -0.337 e. The number of benzene rings is 1. The lowest BCUT2D eigenvalue weighted by Crippen LogP contribution is -2.56. The molecule has 6 nitrogen and oxygen atoms in total. The summed E-state index contributed by atoms with van der Waals surface area (Å²) in [5, 5.41) is 0. The van der Waals surface area contributed by atoms with Gasteiger partial charge < -0.3 is 10.6 Å². The number of hydrogen-bond acceptors (Lipinski definition) is 4. The molecule has 1 aliphatic heterocycles. The first-order valence-corrected chi connectivity index (χ1v) is 9.55. The molecule has 0 spiro atoms. The van der Waals surface area contributed by atoms with Crippen LogP contribution in [0.4, 0.5) is 4.39 Å². The van der Waals surface area contributed by atoms with E-state index in [2.05, 4.69) is 4.72 Å². The zero-order valence-electron chi connectivity index (χ0n) is 13.9. The number of amides is 1. The predicted molar refractivity (Wildman–Crippen MR) is 89.2 cm³/mol. The van der Waals surface area contributed by atoms with Gasteiger partial charge in [0.15, 0.2) is 0 Å². The van der Waals surface area contributed by atoms with E-state index in [4.69, 9.17) is 5.73 Å². The maximum atomic E-state index is 13.7. The molecule has 1 fully saturated rings. The third-order valence-corrected chi connectivity index (χ3v) is 5.84. The number of carbonyl (C=O) groups is 1. The Morgan fingerprint density at radius 1 is 1.33 bits per heavy atom. The van der Waals surface area contributed by atoms with Crippen molar-refractivity contribution in [2.24, 2.45) is 5.73 Å². The van der Waals surface area contributed by atoms with Gasteiger partial charge in [0, 0.05) is 18.6 Å². The molecule has 0 aromatic heterocycles. The van der Waals surface area contributed by atoms with E-state index in [1.807, 2.05) is 6.92 Å². The topological polar surface area (TPSA) is 92.5 Å². The highest BCUT2D eigenvalue weighted by Gasteiger charge is 2.33. The normalized spacial score (nSPS) is 21.3. The van der Waals surface area contributed by atoms with Crippen molar-refractivity contribution in [1.29, 1.82) is 0 Å². The van der Waals surface area contributed by atoms with Crippen molar-refractivity contribution in [2.45, 2.75) is 56.1 Å². The number of piperidine rings is 1. The molecule has 134 valence electrons. The van der Waals surface area contributed by atoms with Gasteiger partial charge in [-0.15, -0.1) is 0 Å². The second-order valence-corrected chi connectivity index (χ2v) is 7.91. The minimum atomic E-state index is -4.12. The van der Waals surface area contributed by atoms with E-state index in [9.17, 15) is 17.6 Å². The molecular weight excluding hydrogens is 333 g/mol. The van der Waals surface area contributed by atoms with Crippen molar-refractivity contribution in [3.8, 4) is 0 Å². The van der Waals surface area contributed by atoms with E-state index in [1.165, 1.54) is 25.1 Å². The van der Waals surface area contributed by atoms with Crippen LogP contribution in [-0.4, -0.2) is 43.9 Å². The first-order chi connectivity index (χ1) is 11.2. The Kier molecular flexibility index (Phi) is 5.95. The lowest BCUT2D eigenvalue weighted by Gasteiger charge is -2.39. The van der Waals surface area contributed by atoms with Crippen LogP contribution in [0.25, 0.3) is 0 Å². The van der Waals surface area contributed by atoms with E-state index in [-0.39, 0.29) is 18.0 Å². The SMILES string of the molecule is CC(NS(=O)(=O)c1ccccc1F)C(=O)N1CCCCC1C(C)N. The van der Waals surface area contributed by atoms with Crippen LogP contribution in [0.15, 0.2) is 29.2 Å². The molecule has 24 heavy (non-hydrogen) atoms. The van der Waals surface area contributed by atoms with Gasteiger partial charge in [0.1, 0.15) is 10.7 Å². The molecule has 0 aliphatic carbocycles. The summed E-state index contributed by atoms with van der Waals surface area (Å²) in [5.41, 5.74) is 5.95. The highest BCUT2D eigenvalue weighted by Crippen LogP contribution is 2.21. The number of likely N-dealkylation sites (tertiary alicyclic amines) is 1. The number of hydrogen-bond donors (Lipinski definition) is 2. The fourth-order valence-electron chi connectivity index (χ4n) is 3.04. The number of nitrogens with zero attached hydrogens (tertiary/aromatic N) is 1. The Morgan fingerprint density at radius 2 is 2.00 bits per heavy atom. The quantitative estimate of drug-likeness (QED) is 0.829. The van der Waals surface area contributed by atoms with Gasteiger partial charge in [-0.2, -0.15) is 4.72 Å². The summed E-state index contributed by atoms with van der Waals surface area (Å²) < 4.78 is 40.6. The summed E-state index contributed by atoms with van der Waals surface area (Å²) in [6.45, 7) is 3.86. The third-order valence-electron chi connectivity index (χ3n) is 4.27. The summed E-state index contributed by atoms with van der Waals surface area (Å²) in [7, 11) is -4.12. The van der Waals surface area contributed by atoms with Gasteiger partial charge in [0.2, 0.25) is 15.9 Å². The number of carbonyl (C=O) groups excluding carboxylic acids is 1.